The maximum absolute atomic E-state index is 13.2. The van der Waals surface area contributed by atoms with E-state index in [1.54, 1.807) is 0 Å². The van der Waals surface area contributed by atoms with Crippen LogP contribution in [0.15, 0.2) is 0 Å². The minimum Gasteiger partial charge on any atom is -0.204 e. The Labute approximate surface area is 158 Å². The van der Waals surface area contributed by atoms with E-state index in [2.05, 4.69) is 0 Å². The monoisotopic (exact) mass is 607 g/mol. The summed E-state index contributed by atoms with van der Waals surface area (Å²) in [4.78, 5) is 0. The highest BCUT2D eigenvalue weighted by Crippen LogP contribution is 2.54. The molecule has 0 aromatic heterocycles. The van der Waals surface area contributed by atoms with Gasteiger partial charge in [0.2, 0.25) is 0 Å². The summed E-state index contributed by atoms with van der Waals surface area (Å²) < 4.78 is 216. The standard InChI is InChI=1S/C6F14INO4S2/c7-1(8,3(11,12)13)5(17,18)27(23,24)22(21)28(25,26)6(19,20)2(9,10)4(14,15)16. The first-order chi connectivity index (χ1) is 11.7. The molecular formula is C6F14INO4S2. The highest BCUT2D eigenvalue weighted by atomic mass is 127. The van der Waals surface area contributed by atoms with Crippen LogP contribution in [0.25, 0.3) is 0 Å². The molecule has 0 saturated carbocycles. The summed E-state index contributed by atoms with van der Waals surface area (Å²) in [6.07, 6.45) is -14.9. The van der Waals surface area contributed by atoms with E-state index in [0.29, 0.717) is 0 Å². The fourth-order valence-corrected chi connectivity index (χ4v) is 5.28. The molecular weight excluding hydrogens is 607 g/mol. The molecule has 0 amide bonds. The summed E-state index contributed by atoms with van der Waals surface area (Å²) in [5.74, 6) is -15.4. The Hall–Kier alpha value is -0.390. The zero-order valence-corrected chi connectivity index (χ0v) is 15.4. The molecule has 170 valence electrons. The van der Waals surface area contributed by atoms with Crippen molar-refractivity contribution in [1.29, 1.82) is 0 Å². The molecule has 0 aliphatic rings. The molecule has 0 saturated heterocycles. The largest absolute Gasteiger partial charge is 0.461 e. The fourth-order valence-electron chi connectivity index (χ4n) is 0.963. The average molecular weight is 607 g/mol. The van der Waals surface area contributed by atoms with Crippen molar-refractivity contribution in [2.75, 3.05) is 0 Å². The van der Waals surface area contributed by atoms with Crippen molar-refractivity contribution >= 4 is 42.9 Å². The summed E-state index contributed by atoms with van der Waals surface area (Å²) in [7, 11) is -16.4. The van der Waals surface area contributed by atoms with E-state index in [1.165, 1.54) is 0 Å². The van der Waals surface area contributed by atoms with Crippen LogP contribution in [0.3, 0.4) is 0 Å². The van der Waals surface area contributed by atoms with Gasteiger partial charge < -0.3 is 0 Å². The Balaban J connectivity index is 6.69. The molecule has 22 heteroatoms. The highest BCUT2D eigenvalue weighted by molar-refractivity contribution is 14.1. The second kappa shape index (κ2) is 6.81. The third-order valence-electron chi connectivity index (χ3n) is 2.47. The quantitative estimate of drug-likeness (QED) is 0.261. The second-order valence-electron chi connectivity index (χ2n) is 4.34. The molecule has 0 N–H and O–H groups in total. The molecule has 0 aliphatic carbocycles. The molecule has 0 rings (SSSR count). The number of sulfonamides is 2. The number of nitrogens with zero attached hydrogens (tertiary/aromatic N) is 1. The van der Waals surface area contributed by atoms with Crippen molar-refractivity contribution in [3.05, 3.63) is 0 Å². The van der Waals surface area contributed by atoms with Crippen molar-refractivity contribution in [2.24, 2.45) is 0 Å². The van der Waals surface area contributed by atoms with Crippen molar-refractivity contribution in [2.45, 2.75) is 34.7 Å². The van der Waals surface area contributed by atoms with Crippen LogP contribution in [0.1, 0.15) is 0 Å². The van der Waals surface area contributed by atoms with Gasteiger partial charge in [0, 0.05) is 0 Å². The van der Waals surface area contributed by atoms with Gasteiger partial charge in [0.15, 0.2) is 0 Å². The average Bonchev–Trinajstić information content (AvgIpc) is 2.42. The Bertz CT molecular complexity index is 744. The van der Waals surface area contributed by atoms with Crippen LogP contribution in [0, 0.1) is 0 Å². The summed E-state index contributed by atoms with van der Waals surface area (Å²) in [5.41, 5.74) is 0. The van der Waals surface area contributed by atoms with Gasteiger partial charge in [-0.2, -0.15) is 61.5 Å². The van der Waals surface area contributed by atoms with Crippen molar-refractivity contribution in [3.63, 3.8) is 0 Å². The number of halogens is 15. The summed E-state index contributed by atoms with van der Waals surface area (Å²) in [6, 6.07) is 0. The Morgan fingerprint density at radius 3 is 0.821 bits per heavy atom. The lowest BCUT2D eigenvalue weighted by Gasteiger charge is -2.32. The van der Waals surface area contributed by atoms with E-state index in [1.807, 2.05) is 0 Å². The molecule has 0 bridgehead atoms. The number of alkyl halides is 14. The third-order valence-corrected chi connectivity index (χ3v) is 9.32. The van der Waals surface area contributed by atoms with Crippen molar-refractivity contribution in [3.8, 4) is 0 Å². The first-order valence-corrected chi connectivity index (χ1v) is 9.10. The maximum Gasteiger partial charge on any atom is 0.461 e. The lowest BCUT2D eigenvalue weighted by Crippen LogP contribution is -2.63. The maximum atomic E-state index is 13.2. The van der Waals surface area contributed by atoms with Crippen LogP contribution in [0.5, 0.6) is 0 Å². The fraction of sp³-hybridized carbons (Fsp3) is 1.00. The smallest absolute Gasteiger partial charge is 0.204 e. The molecule has 0 spiro atoms. The predicted octanol–water partition coefficient (Wildman–Crippen LogP) is 3.88. The van der Waals surface area contributed by atoms with Crippen LogP contribution < -0.4 is 0 Å². The van der Waals surface area contributed by atoms with E-state index in [9.17, 15) is 78.3 Å². The first kappa shape index (κ1) is 27.6. The van der Waals surface area contributed by atoms with Crippen molar-refractivity contribution < 1.29 is 78.3 Å². The van der Waals surface area contributed by atoms with Crippen LogP contribution in [-0.4, -0.2) is 53.5 Å². The van der Waals surface area contributed by atoms with Gasteiger partial charge >= 0.3 is 54.8 Å². The number of hydrogen-bond donors (Lipinski definition) is 0. The topological polar surface area (TPSA) is 71.5 Å². The zero-order chi connectivity index (χ0) is 23.6. The summed E-state index contributed by atoms with van der Waals surface area (Å²) >= 11 is -0.890. The molecule has 5 nitrogen and oxygen atoms in total. The molecule has 0 aromatic carbocycles. The minimum absolute atomic E-state index is 0.890. The zero-order valence-electron chi connectivity index (χ0n) is 11.6. The molecule has 0 radical (unpaired) electrons. The summed E-state index contributed by atoms with van der Waals surface area (Å²) in [5, 5.41) is -15.3. The SMILES string of the molecule is O=S(=O)(N(I)S(=O)(=O)C(F)(F)C(F)(F)C(F)(F)F)C(F)(F)C(F)(F)C(F)(F)F. The molecule has 0 unspecified atom stereocenters. The van der Waals surface area contributed by atoms with E-state index in [4.69, 9.17) is 0 Å². The van der Waals surface area contributed by atoms with Gasteiger partial charge in [-0.15, -0.1) is 0 Å². The normalized spacial score (nSPS) is 16.6. The van der Waals surface area contributed by atoms with Crippen LogP contribution in [0.4, 0.5) is 61.5 Å². The highest BCUT2D eigenvalue weighted by Gasteiger charge is 2.84. The van der Waals surface area contributed by atoms with E-state index in [-0.39, 0.29) is 0 Å². The molecule has 0 fully saturated rings. The van der Waals surface area contributed by atoms with Gasteiger partial charge in [-0.05, 0) is 1.92 Å². The van der Waals surface area contributed by atoms with E-state index < -0.39 is 79.5 Å². The van der Waals surface area contributed by atoms with Crippen LogP contribution in [0.2, 0.25) is 0 Å². The second-order valence-corrected chi connectivity index (χ2v) is 10.5. The lowest BCUT2D eigenvalue weighted by atomic mass is 10.3. The Morgan fingerprint density at radius 1 is 0.500 bits per heavy atom. The van der Waals surface area contributed by atoms with Gasteiger partial charge in [-0.3, -0.25) is 0 Å². The minimum atomic E-state index is -8.18. The number of rotatable bonds is 6. The first-order valence-electron chi connectivity index (χ1n) is 5.25. The van der Waals surface area contributed by atoms with Crippen molar-refractivity contribution in [1.82, 2.24) is 1.92 Å². The van der Waals surface area contributed by atoms with Gasteiger partial charge in [-0.25, -0.2) is 16.8 Å². The van der Waals surface area contributed by atoms with E-state index >= 15 is 0 Å². The molecule has 0 aliphatic heterocycles. The molecule has 0 heterocycles. The van der Waals surface area contributed by atoms with Crippen LogP contribution >= 0.6 is 22.9 Å². The van der Waals surface area contributed by atoms with E-state index in [0.717, 1.165) is 0 Å². The van der Waals surface area contributed by atoms with Gasteiger partial charge in [0.25, 0.3) is 0 Å². The third kappa shape index (κ3) is 3.60. The Morgan fingerprint density at radius 2 is 0.679 bits per heavy atom. The van der Waals surface area contributed by atoms with Gasteiger partial charge in [0.1, 0.15) is 0 Å². The Kier molecular flexibility index (Phi) is 6.72. The molecule has 0 atom stereocenters. The van der Waals surface area contributed by atoms with Gasteiger partial charge in [-0.1, -0.05) is 0 Å². The van der Waals surface area contributed by atoms with Crippen LogP contribution in [-0.2, 0) is 20.0 Å². The lowest BCUT2D eigenvalue weighted by molar-refractivity contribution is -0.333. The van der Waals surface area contributed by atoms with Gasteiger partial charge in [0.05, 0.1) is 22.9 Å². The molecule has 0 aromatic rings. The molecule has 28 heavy (non-hydrogen) atoms. The number of hydrogen-bond acceptors (Lipinski definition) is 4. The summed E-state index contributed by atoms with van der Waals surface area (Å²) in [6.45, 7) is 0. The predicted molar refractivity (Wildman–Crippen MR) is 65.6 cm³/mol.